The number of nitro benzene ring substituents is 1. The van der Waals surface area contributed by atoms with Gasteiger partial charge in [-0.3, -0.25) is 19.7 Å². The first-order valence-corrected chi connectivity index (χ1v) is 26.8. The molecule has 374 valence electrons. The van der Waals surface area contributed by atoms with E-state index in [2.05, 4.69) is 157 Å². The molecule has 7 heteroatoms. The maximum atomic E-state index is 14.9. The molecule has 0 radical (unpaired) electrons. The Morgan fingerprint density at radius 1 is 0.416 bits per heavy atom. The second-order valence-corrected chi connectivity index (χ2v) is 23.1. The van der Waals surface area contributed by atoms with Gasteiger partial charge in [0.2, 0.25) is 0 Å². The Morgan fingerprint density at radius 3 is 1.35 bits per heavy atom. The van der Waals surface area contributed by atoms with Gasteiger partial charge in [0.05, 0.1) is 21.9 Å². The predicted octanol–water partition coefficient (Wildman–Crippen LogP) is 18.4. The van der Waals surface area contributed by atoms with E-state index < -0.39 is 0 Å². The molecule has 1 heterocycles. The number of benzene rings is 11. The summed E-state index contributed by atoms with van der Waals surface area (Å²) in [6.07, 6.45) is 0. The van der Waals surface area contributed by atoms with Gasteiger partial charge >= 0.3 is 0 Å². The van der Waals surface area contributed by atoms with Gasteiger partial charge in [-0.1, -0.05) is 177 Å². The van der Waals surface area contributed by atoms with Gasteiger partial charge in [0.1, 0.15) is 0 Å². The van der Waals surface area contributed by atoms with Crippen molar-refractivity contribution in [1.82, 2.24) is 0 Å². The van der Waals surface area contributed by atoms with E-state index in [-0.39, 0.29) is 45.1 Å². The van der Waals surface area contributed by atoms with Crippen LogP contribution in [0.15, 0.2) is 176 Å². The Hall–Kier alpha value is -8.94. The van der Waals surface area contributed by atoms with Crippen LogP contribution in [-0.2, 0) is 10.8 Å². The fourth-order valence-corrected chi connectivity index (χ4v) is 13.8. The molecule has 2 aliphatic carbocycles. The number of hydrogen-bond acceptors (Lipinski definition) is 5. The summed E-state index contributed by atoms with van der Waals surface area (Å²) in [4.78, 5) is 46.9. The monoisotopic (exact) mass is 1000 g/mol. The molecule has 77 heavy (non-hydrogen) atoms. The summed E-state index contributed by atoms with van der Waals surface area (Å²) in [6, 6.07) is 60.2. The maximum Gasteiger partial charge on any atom is 0.279 e. The van der Waals surface area contributed by atoms with Crippen molar-refractivity contribution in [3.8, 4) is 33.4 Å². The lowest BCUT2D eigenvalue weighted by Gasteiger charge is -2.32. The third-order valence-electron chi connectivity index (χ3n) is 17.6. The van der Waals surface area contributed by atoms with Crippen molar-refractivity contribution < 1.29 is 14.5 Å². The summed E-state index contributed by atoms with van der Waals surface area (Å²) in [5, 5.41) is 20.8. The van der Waals surface area contributed by atoms with E-state index in [1.807, 2.05) is 72.8 Å². The number of hydrogen-bond donors (Lipinski definition) is 0. The summed E-state index contributed by atoms with van der Waals surface area (Å²) in [6.45, 7) is 17.5. The maximum absolute atomic E-state index is 14.9. The zero-order chi connectivity index (χ0) is 53.1. The first kappa shape index (κ1) is 46.6. The number of fused-ring (bicyclic) bond motifs is 8. The molecule has 14 rings (SSSR count). The molecule has 7 nitrogen and oxygen atoms in total. The van der Waals surface area contributed by atoms with Gasteiger partial charge in [-0.25, -0.2) is 4.90 Å². The summed E-state index contributed by atoms with van der Waals surface area (Å²) < 4.78 is 0. The molecule has 0 aromatic heterocycles. The highest BCUT2D eigenvalue weighted by atomic mass is 16.6. The van der Waals surface area contributed by atoms with Crippen LogP contribution in [0.4, 0.5) is 28.4 Å². The molecule has 0 atom stereocenters. The van der Waals surface area contributed by atoms with Crippen LogP contribution in [-0.4, -0.2) is 16.7 Å². The quantitative estimate of drug-likeness (QED) is 0.0498. The molecule has 3 aliphatic rings. The average Bonchev–Trinajstić information content (AvgIpc) is 4.02. The molecule has 11 aromatic carbocycles. The number of nitro groups is 1. The third kappa shape index (κ3) is 6.37. The molecule has 0 saturated heterocycles. The fourth-order valence-electron chi connectivity index (χ4n) is 13.8. The van der Waals surface area contributed by atoms with Gasteiger partial charge in [0.15, 0.2) is 0 Å². The zero-order valence-electron chi connectivity index (χ0n) is 44.4. The predicted molar refractivity (Wildman–Crippen MR) is 315 cm³/mol. The second kappa shape index (κ2) is 16.3. The molecule has 1 aliphatic heterocycles. The number of anilines is 4. The Morgan fingerprint density at radius 2 is 0.831 bits per heavy atom. The Kier molecular flexibility index (Phi) is 9.85. The number of carbonyl (C=O) groups excluding carboxylic acids is 2. The van der Waals surface area contributed by atoms with Crippen molar-refractivity contribution >= 4 is 83.3 Å². The van der Waals surface area contributed by atoms with Crippen molar-refractivity contribution in [2.45, 2.75) is 78.1 Å². The molecule has 0 unspecified atom stereocenters. The zero-order valence-corrected chi connectivity index (χ0v) is 44.4. The van der Waals surface area contributed by atoms with Gasteiger partial charge in [0.25, 0.3) is 17.5 Å². The normalized spacial score (nSPS) is 14.8. The van der Waals surface area contributed by atoms with E-state index >= 15 is 0 Å². The smallest absolute Gasteiger partial charge is 0.279 e. The van der Waals surface area contributed by atoms with Crippen LogP contribution in [0, 0.1) is 10.1 Å². The number of nitrogens with zero attached hydrogens (tertiary/aromatic N) is 3. The van der Waals surface area contributed by atoms with Crippen LogP contribution in [0.1, 0.15) is 121 Å². The molecule has 2 amide bonds. The lowest BCUT2D eigenvalue weighted by molar-refractivity contribution is -0.384. The van der Waals surface area contributed by atoms with E-state index in [4.69, 9.17) is 0 Å². The van der Waals surface area contributed by atoms with Crippen LogP contribution < -0.4 is 9.80 Å². The van der Waals surface area contributed by atoms with Crippen molar-refractivity contribution in [3.63, 3.8) is 0 Å². The summed E-state index contributed by atoms with van der Waals surface area (Å²) in [7, 11) is 0. The molecular weight excluding hydrogens is 947 g/mol. The van der Waals surface area contributed by atoms with Gasteiger partial charge in [0, 0.05) is 44.8 Å². The minimum atomic E-state index is -0.328. The van der Waals surface area contributed by atoms with Crippen LogP contribution in [0.2, 0.25) is 0 Å². The molecular formula is C70H55N3O4. The average molecular weight is 1000 g/mol. The number of carbonyl (C=O) groups is 2. The van der Waals surface area contributed by atoms with E-state index in [0.717, 1.165) is 65.8 Å². The van der Waals surface area contributed by atoms with Gasteiger partial charge in [-0.05, 0) is 159 Å². The molecule has 0 bridgehead atoms. The van der Waals surface area contributed by atoms with Crippen LogP contribution in [0.5, 0.6) is 0 Å². The molecule has 0 saturated carbocycles. The van der Waals surface area contributed by atoms with E-state index in [1.165, 1.54) is 49.4 Å². The highest BCUT2D eigenvalue weighted by Crippen LogP contribution is 2.55. The van der Waals surface area contributed by atoms with E-state index in [9.17, 15) is 19.7 Å². The van der Waals surface area contributed by atoms with Gasteiger partial charge in [-0.2, -0.15) is 0 Å². The Bertz CT molecular complexity index is 4240. The molecule has 0 fully saturated rings. The van der Waals surface area contributed by atoms with Gasteiger partial charge in [-0.15, -0.1) is 0 Å². The fraction of sp³-hybridized carbons (Fsp3) is 0.171. The SMILES string of the molecule is CC(C)c1cccc(C(C)C)c1N1C(=O)c2ccc3c4cccc5c(-c6ccc(N(c7ccc8c(c7)C(C)(C)c7ccccc7-8)c7ccc8c(c7)C(C)(C)c7ccccc7-8)cc6[N+](=O)[O-])ccc(c6ccc(c2c36)C1=O)c54. The number of imide groups is 1. The number of rotatable bonds is 8. The third-order valence-corrected chi connectivity index (χ3v) is 17.6. The molecule has 0 N–H and O–H groups in total. The first-order chi connectivity index (χ1) is 37.1. The Labute approximate surface area is 447 Å². The largest absolute Gasteiger partial charge is 0.310 e. The van der Waals surface area contributed by atoms with Crippen molar-refractivity contribution in [3.05, 3.63) is 231 Å². The van der Waals surface area contributed by atoms with Crippen LogP contribution in [0.25, 0.3) is 76.5 Å². The summed E-state index contributed by atoms with van der Waals surface area (Å²) in [5.74, 6) is -0.486. The topological polar surface area (TPSA) is 83.8 Å². The molecule has 11 aromatic rings. The minimum absolute atomic E-state index is 0.00743. The van der Waals surface area contributed by atoms with Crippen molar-refractivity contribution in [2.75, 3.05) is 9.80 Å². The van der Waals surface area contributed by atoms with Crippen LogP contribution in [0.3, 0.4) is 0 Å². The summed E-state index contributed by atoms with van der Waals surface area (Å²) >= 11 is 0. The summed E-state index contributed by atoms with van der Waals surface area (Å²) in [5.41, 5.74) is 16.6. The standard InChI is InChI=1S/C70H55N3O4/c1-38(2)43-17-13-18-44(39(3)4)66(43)72-67(74)56-33-31-54-52-20-14-19-51-45(29-30-53(63(51)52)55-32-34-57(68(72)75)65(56)64(54)55)50-28-25-42(37-62(50)73(76)77)71(40-23-26-48-46-15-9-11-21-58(46)69(5,6)60(48)35-40)41-24-27-49-47-16-10-12-22-59(47)70(7,8)61(49)36-41/h9-39H,1-8H3. The minimum Gasteiger partial charge on any atom is -0.310 e. The Balaban J connectivity index is 0.929. The van der Waals surface area contributed by atoms with Crippen molar-refractivity contribution in [2.24, 2.45) is 0 Å². The van der Waals surface area contributed by atoms with Gasteiger partial charge < -0.3 is 4.90 Å². The van der Waals surface area contributed by atoms with E-state index in [1.54, 1.807) is 6.07 Å². The lowest BCUT2D eigenvalue weighted by Crippen LogP contribution is -2.41. The number of amides is 2. The first-order valence-electron chi connectivity index (χ1n) is 26.8. The highest BCUT2D eigenvalue weighted by molar-refractivity contribution is 6.42. The van der Waals surface area contributed by atoms with Crippen molar-refractivity contribution in [1.29, 1.82) is 0 Å². The highest BCUT2D eigenvalue weighted by Gasteiger charge is 2.40. The number of para-hydroxylation sites is 1. The van der Waals surface area contributed by atoms with Crippen LogP contribution >= 0.6 is 0 Å². The molecule has 0 spiro atoms. The lowest BCUT2D eigenvalue weighted by atomic mass is 9.82. The second-order valence-electron chi connectivity index (χ2n) is 23.1. The van der Waals surface area contributed by atoms with E-state index in [0.29, 0.717) is 33.5 Å².